The SMILES string of the molecule is COc1ccc(C2=CC3=NC(CNc4ccccc4)=CC(=O)[N+]3=N2)cc1. The Morgan fingerprint density at radius 3 is 2.54 bits per heavy atom. The molecule has 1 amide bonds. The van der Waals surface area contributed by atoms with E-state index in [-0.39, 0.29) is 5.91 Å². The number of rotatable bonds is 5. The predicted molar refractivity (Wildman–Crippen MR) is 99.1 cm³/mol. The number of carbonyl (C=O) groups is 1. The van der Waals surface area contributed by atoms with Gasteiger partial charge < -0.3 is 10.1 Å². The van der Waals surface area contributed by atoms with E-state index < -0.39 is 0 Å². The number of anilines is 1. The van der Waals surface area contributed by atoms with Crippen molar-refractivity contribution < 1.29 is 14.2 Å². The zero-order chi connectivity index (χ0) is 17.9. The number of aliphatic imine (C=N–C) groups is 1. The second-order valence-electron chi connectivity index (χ2n) is 5.83. The highest BCUT2D eigenvalue weighted by Gasteiger charge is 2.33. The Morgan fingerprint density at radius 2 is 1.81 bits per heavy atom. The maximum absolute atomic E-state index is 12.4. The molecule has 0 unspecified atom stereocenters. The lowest BCUT2D eigenvalue weighted by atomic mass is 10.1. The number of azo groups is 2. The average Bonchev–Trinajstić information content (AvgIpc) is 3.12. The fourth-order valence-corrected chi connectivity index (χ4v) is 2.74. The van der Waals surface area contributed by atoms with E-state index in [1.54, 1.807) is 7.11 Å². The van der Waals surface area contributed by atoms with Crippen LogP contribution in [0.3, 0.4) is 0 Å². The van der Waals surface area contributed by atoms with Gasteiger partial charge >= 0.3 is 11.7 Å². The Balaban J connectivity index is 1.54. The van der Waals surface area contributed by atoms with Crippen molar-refractivity contribution in [3.63, 3.8) is 0 Å². The van der Waals surface area contributed by atoms with E-state index in [0.29, 0.717) is 23.8 Å². The van der Waals surface area contributed by atoms with Gasteiger partial charge in [0, 0.05) is 11.3 Å². The Labute approximate surface area is 150 Å². The number of methoxy groups -OCH3 is 1. The van der Waals surface area contributed by atoms with E-state index in [4.69, 9.17) is 4.74 Å². The van der Waals surface area contributed by atoms with Crippen LogP contribution in [0.1, 0.15) is 5.56 Å². The topological polar surface area (TPSA) is 66.1 Å². The summed E-state index contributed by atoms with van der Waals surface area (Å²) in [5.74, 6) is 1.11. The minimum Gasteiger partial charge on any atom is -0.497 e. The van der Waals surface area contributed by atoms with Crippen molar-refractivity contribution in [2.45, 2.75) is 0 Å². The normalized spacial score (nSPS) is 15.5. The highest BCUT2D eigenvalue weighted by molar-refractivity contribution is 6.04. The number of amidine groups is 1. The van der Waals surface area contributed by atoms with Gasteiger partial charge in [0.1, 0.15) is 11.4 Å². The maximum atomic E-state index is 12.4. The molecule has 26 heavy (non-hydrogen) atoms. The first-order chi connectivity index (χ1) is 12.7. The second-order valence-corrected chi connectivity index (χ2v) is 5.83. The molecule has 1 N–H and O–H groups in total. The zero-order valence-electron chi connectivity index (χ0n) is 14.2. The van der Waals surface area contributed by atoms with Gasteiger partial charge in [-0.25, -0.2) is 4.79 Å². The number of fused-ring (bicyclic) bond motifs is 1. The van der Waals surface area contributed by atoms with Crippen molar-refractivity contribution in [3.8, 4) is 5.75 Å². The Hall–Kier alpha value is -3.54. The molecule has 0 aromatic heterocycles. The third-order valence-electron chi connectivity index (χ3n) is 4.08. The lowest BCUT2D eigenvalue weighted by molar-refractivity contribution is -0.391. The van der Waals surface area contributed by atoms with Gasteiger partial charge in [-0.05, 0) is 41.4 Å². The molecule has 6 nitrogen and oxygen atoms in total. The molecule has 0 radical (unpaired) electrons. The first-order valence-corrected chi connectivity index (χ1v) is 8.23. The lowest BCUT2D eigenvalue weighted by Crippen LogP contribution is -2.25. The molecule has 128 valence electrons. The van der Waals surface area contributed by atoms with Gasteiger partial charge in [-0.2, -0.15) is 0 Å². The molecule has 4 rings (SSSR count). The van der Waals surface area contributed by atoms with Crippen molar-refractivity contribution in [2.75, 3.05) is 19.0 Å². The van der Waals surface area contributed by atoms with Crippen molar-refractivity contribution in [1.82, 2.24) is 0 Å². The minimum atomic E-state index is -0.195. The standard InChI is InChI=1S/C20H17N4O2/c1-26-17-9-7-14(8-10-17)18-12-19-22-16(11-20(25)24(19)23-18)13-21-15-5-3-2-4-6-15/h2-12,21H,13H2,1H3/q+1. The van der Waals surface area contributed by atoms with Crippen LogP contribution in [0.5, 0.6) is 5.75 Å². The number of benzene rings is 2. The monoisotopic (exact) mass is 345 g/mol. The number of nitrogens with zero attached hydrogens (tertiary/aromatic N) is 3. The minimum absolute atomic E-state index is 0.195. The molecule has 0 spiro atoms. The summed E-state index contributed by atoms with van der Waals surface area (Å²) in [6.45, 7) is 0.471. The summed E-state index contributed by atoms with van der Waals surface area (Å²) in [6.07, 6.45) is 3.32. The van der Waals surface area contributed by atoms with Crippen molar-refractivity contribution in [1.29, 1.82) is 0 Å². The molecule has 2 heterocycles. The molecular weight excluding hydrogens is 328 g/mol. The Morgan fingerprint density at radius 1 is 1.04 bits per heavy atom. The van der Waals surface area contributed by atoms with Gasteiger partial charge in [0.2, 0.25) is 0 Å². The van der Waals surface area contributed by atoms with Crippen LogP contribution in [0, 0.1) is 0 Å². The molecule has 6 heteroatoms. The number of amides is 1. The molecule has 0 fully saturated rings. The van der Waals surface area contributed by atoms with Crippen LogP contribution in [0.15, 0.2) is 82.6 Å². The van der Waals surface area contributed by atoms with E-state index in [9.17, 15) is 4.79 Å². The average molecular weight is 345 g/mol. The highest BCUT2D eigenvalue weighted by atomic mass is 16.5. The number of hydrogen-bond donors (Lipinski definition) is 1. The van der Waals surface area contributed by atoms with Gasteiger partial charge in [-0.15, -0.1) is 0 Å². The highest BCUT2D eigenvalue weighted by Crippen LogP contribution is 2.25. The number of ether oxygens (including phenoxy) is 1. The quantitative estimate of drug-likeness (QED) is 0.844. The lowest BCUT2D eigenvalue weighted by Gasteiger charge is -2.05. The molecule has 0 aliphatic carbocycles. The van der Waals surface area contributed by atoms with Crippen molar-refractivity contribution in [2.24, 2.45) is 10.1 Å². The molecule has 0 atom stereocenters. The first kappa shape index (κ1) is 16.0. The van der Waals surface area contributed by atoms with Crippen LogP contribution < -0.4 is 10.1 Å². The van der Waals surface area contributed by atoms with Gasteiger partial charge in [0.15, 0.2) is 5.70 Å². The van der Waals surface area contributed by atoms with Gasteiger partial charge in [-0.3, -0.25) is 0 Å². The molecule has 2 aromatic carbocycles. The molecule has 0 saturated carbocycles. The van der Waals surface area contributed by atoms with Gasteiger partial charge in [0.05, 0.1) is 25.8 Å². The molecular formula is C20H17N4O2+. The summed E-state index contributed by atoms with van der Waals surface area (Å²) < 4.78 is 6.49. The summed E-state index contributed by atoms with van der Waals surface area (Å²) in [5, 5.41) is 7.64. The van der Waals surface area contributed by atoms with Crippen LogP contribution in [-0.4, -0.2) is 30.1 Å². The van der Waals surface area contributed by atoms with E-state index in [1.807, 2.05) is 60.7 Å². The number of hydrogen-bond acceptors (Lipinski definition) is 5. The van der Waals surface area contributed by atoms with Crippen LogP contribution in [0.4, 0.5) is 5.69 Å². The molecule has 0 saturated heterocycles. The van der Waals surface area contributed by atoms with E-state index in [0.717, 1.165) is 17.0 Å². The van der Waals surface area contributed by atoms with E-state index in [1.165, 1.54) is 10.8 Å². The molecule has 2 aliphatic heterocycles. The fourth-order valence-electron chi connectivity index (χ4n) is 2.74. The molecule has 2 aliphatic rings. The van der Waals surface area contributed by atoms with Crippen LogP contribution in [-0.2, 0) is 4.79 Å². The van der Waals surface area contributed by atoms with Crippen LogP contribution in [0.25, 0.3) is 5.70 Å². The van der Waals surface area contributed by atoms with E-state index >= 15 is 0 Å². The Kier molecular flexibility index (Phi) is 4.15. The van der Waals surface area contributed by atoms with Crippen molar-refractivity contribution >= 4 is 23.1 Å². The number of carbonyl (C=O) groups excluding carboxylic acids is 1. The number of nitrogens with one attached hydrogen (secondary N) is 1. The fraction of sp³-hybridized carbons (Fsp3) is 0.100. The van der Waals surface area contributed by atoms with E-state index in [2.05, 4.69) is 15.4 Å². The Bertz CT molecular complexity index is 971. The zero-order valence-corrected chi connectivity index (χ0v) is 14.2. The smallest absolute Gasteiger partial charge is 0.363 e. The summed E-state index contributed by atoms with van der Waals surface area (Å²) in [7, 11) is 1.62. The number of para-hydroxylation sites is 1. The van der Waals surface area contributed by atoms with Crippen LogP contribution in [0.2, 0.25) is 0 Å². The van der Waals surface area contributed by atoms with Gasteiger partial charge in [-0.1, -0.05) is 28.0 Å². The maximum Gasteiger partial charge on any atom is 0.363 e. The third-order valence-corrected chi connectivity index (χ3v) is 4.08. The second kappa shape index (κ2) is 6.76. The summed E-state index contributed by atoms with van der Waals surface area (Å²) in [6, 6.07) is 17.3. The molecule has 0 bridgehead atoms. The summed E-state index contributed by atoms with van der Waals surface area (Å²) in [5.41, 5.74) is 3.26. The van der Waals surface area contributed by atoms with Crippen LogP contribution >= 0.6 is 0 Å². The summed E-state index contributed by atoms with van der Waals surface area (Å²) >= 11 is 0. The first-order valence-electron chi connectivity index (χ1n) is 8.23. The molecule has 2 aromatic rings. The predicted octanol–water partition coefficient (Wildman–Crippen LogP) is 3.45. The van der Waals surface area contributed by atoms with Crippen molar-refractivity contribution in [3.05, 3.63) is 78.0 Å². The summed E-state index contributed by atoms with van der Waals surface area (Å²) in [4.78, 5) is 16.9. The largest absolute Gasteiger partial charge is 0.497 e. The van der Waals surface area contributed by atoms with Gasteiger partial charge in [0.25, 0.3) is 0 Å². The third kappa shape index (κ3) is 3.17.